The monoisotopic (exact) mass is 333 g/mol. The van der Waals surface area contributed by atoms with Crippen LogP contribution in [0.1, 0.15) is 16.7 Å². The van der Waals surface area contributed by atoms with Crippen LogP contribution < -0.4 is 10.1 Å². The molecule has 0 spiro atoms. The van der Waals surface area contributed by atoms with Crippen LogP contribution in [0, 0.1) is 13.8 Å². The molecule has 0 radical (unpaired) electrons. The number of hydrogen-bond acceptors (Lipinski definition) is 2. The summed E-state index contributed by atoms with van der Waals surface area (Å²) in [6.07, 6.45) is 0.999. The van der Waals surface area contributed by atoms with Gasteiger partial charge in [0, 0.05) is 16.7 Å². The minimum atomic E-state index is 0.904. The molecule has 2 aromatic carbocycles. The minimum absolute atomic E-state index is 0.904. The van der Waals surface area contributed by atoms with Gasteiger partial charge in [0.05, 0.1) is 7.11 Å². The summed E-state index contributed by atoms with van der Waals surface area (Å²) in [7, 11) is 1.69. The average molecular weight is 334 g/mol. The van der Waals surface area contributed by atoms with E-state index in [9.17, 15) is 0 Å². The van der Waals surface area contributed by atoms with Gasteiger partial charge in [-0.2, -0.15) is 0 Å². The normalized spacial score (nSPS) is 10.4. The second-order valence-corrected chi connectivity index (χ2v) is 5.86. The number of benzene rings is 2. The Morgan fingerprint density at radius 3 is 2.20 bits per heavy atom. The molecule has 0 aliphatic rings. The zero-order chi connectivity index (χ0) is 14.5. The molecule has 0 bridgehead atoms. The van der Waals surface area contributed by atoms with E-state index in [0.717, 1.165) is 23.2 Å². The molecule has 0 atom stereocenters. The van der Waals surface area contributed by atoms with Crippen LogP contribution in [0.5, 0.6) is 5.75 Å². The maximum absolute atomic E-state index is 5.17. The molecule has 2 aromatic rings. The number of rotatable bonds is 5. The summed E-state index contributed by atoms with van der Waals surface area (Å²) in [5.41, 5.74) is 5.09. The van der Waals surface area contributed by atoms with Gasteiger partial charge < -0.3 is 10.1 Å². The molecule has 0 amide bonds. The fraction of sp³-hybridized carbons (Fsp3) is 0.294. The molecule has 106 valence electrons. The largest absolute Gasteiger partial charge is 0.497 e. The third-order valence-electron chi connectivity index (χ3n) is 3.37. The lowest BCUT2D eigenvalue weighted by molar-refractivity contribution is 0.414. The first kappa shape index (κ1) is 14.9. The summed E-state index contributed by atoms with van der Waals surface area (Å²) in [6, 6.07) is 12.5. The van der Waals surface area contributed by atoms with Gasteiger partial charge in [-0.25, -0.2) is 0 Å². The van der Waals surface area contributed by atoms with Crippen LogP contribution in [0.25, 0.3) is 0 Å². The first-order valence-corrected chi connectivity index (χ1v) is 7.53. The highest BCUT2D eigenvalue weighted by atomic mass is 79.9. The number of nitrogens with one attached hydrogen (secondary N) is 1. The van der Waals surface area contributed by atoms with Crippen molar-refractivity contribution in [3.05, 3.63) is 57.6 Å². The number of ether oxygens (including phenoxy) is 1. The van der Waals surface area contributed by atoms with Crippen molar-refractivity contribution in [1.29, 1.82) is 0 Å². The fourth-order valence-corrected chi connectivity index (χ4v) is 3.00. The number of anilines is 1. The van der Waals surface area contributed by atoms with Crippen molar-refractivity contribution in [1.82, 2.24) is 0 Å². The van der Waals surface area contributed by atoms with Crippen molar-refractivity contribution < 1.29 is 4.74 Å². The Kier molecular flexibility index (Phi) is 5.07. The first-order valence-electron chi connectivity index (χ1n) is 6.73. The van der Waals surface area contributed by atoms with Crippen molar-refractivity contribution in [3.8, 4) is 5.75 Å². The lowest BCUT2D eigenvalue weighted by Gasteiger charge is -2.13. The standard InChI is InChI=1S/C17H20BrNO/c1-12-10-15(18)11-13(2)17(12)19-9-8-14-4-6-16(20-3)7-5-14/h4-7,10-11,19H,8-9H2,1-3H3. The maximum Gasteiger partial charge on any atom is 0.118 e. The first-order chi connectivity index (χ1) is 9.60. The number of aryl methyl sites for hydroxylation is 2. The summed E-state index contributed by atoms with van der Waals surface area (Å²) >= 11 is 3.53. The van der Waals surface area contributed by atoms with E-state index in [1.54, 1.807) is 7.11 Å². The van der Waals surface area contributed by atoms with Crippen LogP contribution in [0.15, 0.2) is 40.9 Å². The molecule has 0 aliphatic carbocycles. The molecule has 20 heavy (non-hydrogen) atoms. The van der Waals surface area contributed by atoms with E-state index in [4.69, 9.17) is 4.74 Å². The van der Waals surface area contributed by atoms with Crippen molar-refractivity contribution in [2.75, 3.05) is 19.0 Å². The molecule has 3 heteroatoms. The van der Waals surface area contributed by atoms with Crippen molar-refractivity contribution in [2.24, 2.45) is 0 Å². The Balaban J connectivity index is 1.95. The Labute approximate surface area is 129 Å². The smallest absolute Gasteiger partial charge is 0.118 e. The van der Waals surface area contributed by atoms with Gasteiger partial charge in [0.25, 0.3) is 0 Å². The van der Waals surface area contributed by atoms with Gasteiger partial charge in [-0.05, 0) is 61.2 Å². The number of methoxy groups -OCH3 is 1. The van der Waals surface area contributed by atoms with Gasteiger partial charge in [-0.1, -0.05) is 28.1 Å². The second-order valence-electron chi connectivity index (χ2n) is 4.94. The van der Waals surface area contributed by atoms with Crippen LogP contribution in [-0.4, -0.2) is 13.7 Å². The highest BCUT2D eigenvalue weighted by molar-refractivity contribution is 9.10. The van der Waals surface area contributed by atoms with Gasteiger partial charge in [0.1, 0.15) is 5.75 Å². The molecular formula is C17H20BrNO. The summed E-state index contributed by atoms with van der Waals surface area (Å²) in [5, 5.41) is 3.53. The van der Waals surface area contributed by atoms with Gasteiger partial charge in [0.15, 0.2) is 0 Å². The average Bonchev–Trinajstić information content (AvgIpc) is 2.42. The topological polar surface area (TPSA) is 21.3 Å². The van der Waals surface area contributed by atoms with E-state index in [1.807, 2.05) is 12.1 Å². The van der Waals surface area contributed by atoms with Crippen LogP contribution in [-0.2, 0) is 6.42 Å². The highest BCUT2D eigenvalue weighted by Gasteiger charge is 2.03. The SMILES string of the molecule is COc1ccc(CCNc2c(C)cc(Br)cc2C)cc1. The lowest BCUT2D eigenvalue weighted by Crippen LogP contribution is -2.07. The Bertz CT molecular complexity index is 555. The molecule has 0 fully saturated rings. The van der Waals surface area contributed by atoms with E-state index in [2.05, 4.69) is 59.4 Å². The van der Waals surface area contributed by atoms with Gasteiger partial charge in [-0.3, -0.25) is 0 Å². The Hall–Kier alpha value is -1.48. The lowest BCUT2D eigenvalue weighted by atomic mass is 10.1. The van der Waals surface area contributed by atoms with E-state index in [-0.39, 0.29) is 0 Å². The van der Waals surface area contributed by atoms with Crippen LogP contribution >= 0.6 is 15.9 Å². The van der Waals surface area contributed by atoms with Crippen molar-refractivity contribution >= 4 is 21.6 Å². The maximum atomic E-state index is 5.17. The Morgan fingerprint density at radius 2 is 1.65 bits per heavy atom. The highest BCUT2D eigenvalue weighted by Crippen LogP contribution is 2.25. The summed E-state index contributed by atoms with van der Waals surface area (Å²) < 4.78 is 6.30. The number of halogens is 1. The molecule has 1 N–H and O–H groups in total. The number of hydrogen-bond donors (Lipinski definition) is 1. The molecule has 0 heterocycles. The summed E-state index contributed by atoms with van der Waals surface area (Å²) in [4.78, 5) is 0. The van der Waals surface area contributed by atoms with Crippen molar-refractivity contribution in [3.63, 3.8) is 0 Å². The van der Waals surface area contributed by atoms with E-state index in [0.29, 0.717) is 0 Å². The predicted molar refractivity (Wildman–Crippen MR) is 88.8 cm³/mol. The molecular weight excluding hydrogens is 314 g/mol. The van der Waals surface area contributed by atoms with Gasteiger partial charge in [0.2, 0.25) is 0 Å². The molecule has 0 aliphatic heterocycles. The third-order valence-corrected chi connectivity index (χ3v) is 3.83. The summed E-state index contributed by atoms with van der Waals surface area (Å²) in [6.45, 7) is 5.19. The van der Waals surface area contributed by atoms with Crippen LogP contribution in [0.3, 0.4) is 0 Å². The quantitative estimate of drug-likeness (QED) is 0.854. The van der Waals surface area contributed by atoms with E-state index < -0.39 is 0 Å². The second kappa shape index (κ2) is 6.80. The molecule has 0 aromatic heterocycles. The fourth-order valence-electron chi connectivity index (χ4n) is 2.31. The molecule has 2 rings (SSSR count). The zero-order valence-corrected chi connectivity index (χ0v) is 13.8. The zero-order valence-electron chi connectivity index (χ0n) is 12.2. The minimum Gasteiger partial charge on any atom is -0.497 e. The van der Waals surface area contributed by atoms with Crippen LogP contribution in [0.4, 0.5) is 5.69 Å². The third kappa shape index (κ3) is 3.76. The molecule has 0 saturated heterocycles. The predicted octanol–water partition coefficient (Wildman–Crippen LogP) is 4.73. The van der Waals surface area contributed by atoms with Gasteiger partial charge >= 0.3 is 0 Å². The van der Waals surface area contributed by atoms with Crippen LogP contribution in [0.2, 0.25) is 0 Å². The molecule has 0 saturated carbocycles. The summed E-state index contributed by atoms with van der Waals surface area (Å²) in [5.74, 6) is 0.904. The van der Waals surface area contributed by atoms with E-state index >= 15 is 0 Å². The van der Waals surface area contributed by atoms with Gasteiger partial charge in [-0.15, -0.1) is 0 Å². The van der Waals surface area contributed by atoms with E-state index in [1.165, 1.54) is 22.4 Å². The molecule has 0 unspecified atom stereocenters. The molecule has 2 nitrogen and oxygen atoms in total. The Morgan fingerprint density at radius 1 is 1.05 bits per heavy atom. The van der Waals surface area contributed by atoms with Crippen molar-refractivity contribution in [2.45, 2.75) is 20.3 Å².